The molecule has 0 unspecified atom stereocenters. The van der Waals surface area contributed by atoms with Gasteiger partial charge in [0.15, 0.2) is 11.5 Å². The molecule has 0 bridgehead atoms. The lowest BCUT2D eigenvalue weighted by Crippen LogP contribution is -2.70. The molecule has 59 heavy (non-hydrogen) atoms. The smallest absolute Gasteiger partial charge is 0.239 e. The molecule has 2 aromatic rings. The number of phenols is 1. The Hall–Kier alpha value is -4.06. The third-order valence-electron chi connectivity index (χ3n) is 12.8. The lowest BCUT2D eigenvalue weighted by Gasteiger charge is -2.60. The number of benzene rings is 2. The summed E-state index contributed by atoms with van der Waals surface area (Å²) in [5.41, 5.74) is 3.49. The van der Waals surface area contributed by atoms with Crippen LogP contribution in [0.5, 0.6) is 23.0 Å². The van der Waals surface area contributed by atoms with Crippen molar-refractivity contribution in [1.29, 1.82) is 0 Å². The Labute approximate surface area is 351 Å². The fraction of sp³-hybridized carbons (Fsp3) is 0.625. The second-order valence-electron chi connectivity index (χ2n) is 16.8. The number of carbonyl (C=O) groups is 1. The molecule has 1 amide bonds. The Bertz CT molecular complexity index is 1740. The van der Waals surface area contributed by atoms with Gasteiger partial charge < -0.3 is 44.0 Å². The zero-order chi connectivity index (χ0) is 41.6. The molecule has 2 aromatic carbocycles. The maximum absolute atomic E-state index is 15.0. The monoisotopic (exact) mass is 816 g/mol. The summed E-state index contributed by atoms with van der Waals surface area (Å²) in [6, 6.07) is 10.5. The van der Waals surface area contributed by atoms with E-state index < -0.39 is 17.7 Å². The van der Waals surface area contributed by atoms with Crippen molar-refractivity contribution in [3.05, 3.63) is 71.8 Å². The molecule has 11 nitrogen and oxygen atoms in total. The van der Waals surface area contributed by atoms with E-state index in [0.29, 0.717) is 42.9 Å². The molecule has 1 saturated carbocycles. The summed E-state index contributed by atoms with van der Waals surface area (Å²) < 4.78 is 25.8. The van der Waals surface area contributed by atoms with Crippen LogP contribution in [0.2, 0.25) is 0 Å². The van der Waals surface area contributed by atoms with E-state index >= 15 is 0 Å². The van der Waals surface area contributed by atoms with E-state index in [9.17, 15) is 20.1 Å². The number of aromatic hydroxyl groups is 1. The number of aliphatic hydroxyl groups is 2. The number of fused-ring (bicyclic) bond motifs is 3. The van der Waals surface area contributed by atoms with Crippen LogP contribution in [0.25, 0.3) is 0 Å². The van der Waals surface area contributed by atoms with Gasteiger partial charge >= 0.3 is 0 Å². The summed E-state index contributed by atoms with van der Waals surface area (Å²) in [6.45, 7) is 7.12. The molecule has 6 atom stereocenters. The van der Waals surface area contributed by atoms with Crippen LogP contribution in [0.1, 0.15) is 133 Å². The van der Waals surface area contributed by atoms with E-state index in [4.69, 9.17) is 28.9 Å². The zero-order valence-corrected chi connectivity index (χ0v) is 35.5. The zero-order valence-electron chi connectivity index (χ0n) is 35.5. The molecule has 6 rings (SSSR count). The van der Waals surface area contributed by atoms with Crippen molar-refractivity contribution in [2.45, 2.75) is 140 Å². The number of allylic oxidation sites excluding steroid dienone is 1. The third kappa shape index (κ3) is 10.5. The molecule has 2 aliphatic carbocycles. The van der Waals surface area contributed by atoms with Gasteiger partial charge in [0.05, 0.1) is 18.2 Å². The van der Waals surface area contributed by atoms with Gasteiger partial charge in [-0.25, -0.2) is 0 Å². The lowest BCUT2D eigenvalue weighted by molar-refractivity contribution is -0.258. The molecule has 3 N–H and O–H groups in total. The van der Waals surface area contributed by atoms with Crippen LogP contribution in [0.15, 0.2) is 65.9 Å². The van der Waals surface area contributed by atoms with Crippen molar-refractivity contribution < 1.29 is 43.9 Å². The fourth-order valence-electron chi connectivity index (χ4n) is 10.1. The molecule has 2 heterocycles. The Morgan fingerprint density at radius 2 is 1.63 bits per heavy atom. The van der Waals surface area contributed by atoms with E-state index in [-0.39, 0.29) is 62.6 Å². The molecule has 2 aliphatic heterocycles. The molecule has 0 spiro atoms. The van der Waals surface area contributed by atoms with Crippen molar-refractivity contribution in [2.24, 2.45) is 22.9 Å². The van der Waals surface area contributed by atoms with Crippen LogP contribution in [0, 0.1) is 17.8 Å². The van der Waals surface area contributed by atoms with Crippen molar-refractivity contribution in [3.63, 3.8) is 0 Å². The molecule has 0 saturated heterocycles. The topological polar surface area (TPSA) is 140 Å². The number of oxime groups is 1. The highest BCUT2D eigenvalue weighted by molar-refractivity contribution is 6.03. The van der Waals surface area contributed by atoms with Crippen LogP contribution >= 0.6 is 0 Å². The number of phenolic OH excluding ortho intramolecular Hbond substituents is 1. The summed E-state index contributed by atoms with van der Waals surface area (Å²) in [5.74, 6) is 0.286. The molecular formula is C48H68N2O9. The fourth-order valence-corrected chi connectivity index (χ4v) is 10.1. The second kappa shape index (κ2) is 22.0. The number of hydrogen-bond acceptors (Lipinski definition) is 10. The minimum absolute atomic E-state index is 0.00947. The standard InChI is InChI=1S/C48H68N2O9/c1-4-6-7-8-9-10-11-12-13-20-45(54)50(32-34-21-23-42-43(28-34)57-33-56-42)44-31-40(49-55-3)38-29-35(18-14-16-25-51)37(19-15-17-26-52)46-39-30-36(53)22-24-41(39)59-48(44,47(38)46)58-27-5-2/h5,21-24,28-30,35,37,44,46-47,51-53H,2,4,6-20,25-27,31-33H2,1,3H3/t35-,37+,44-,46+,47+,48+/m0/s1. The molecule has 0 radical (unpaired) electrons. The third-order valence-corrected chi connectivity index (χ3v) is 12.8. The molecule has 324 valence electrons. The molecule has 11 heteroatoms. The van der Waals surface area contributed by atoms with E-state index in [0.717, 1.165) is 67.4 Å². The first-order valence-electron chi connectivity index (χ1n) is 22.4. The van der Waals surface area contributed by atoms with Gasteiger partial charge in [-0.15, -0.1) is 6.58 Å². The average molecular weight is 817 g/mol. The number of nitrogens with zero attached hydrogens (tertiary/aromatic N) is 2. The highest BCUT2D eigenvalue weighted by atomic mass is 16.7. The van der Waals surface area contributed by atoms with Crippen LogP contribution in [0.3, 0.4) is 0 Å². The summed E-state index contributed by atoms with van der Waals surface area (Å²) in [5, 5.41) is 35.4. The van der Waals surface area contributed by atoms with Crippen molar-refractivity contribution in [3.8, 4) is 23.0 Å². The number of rotatable bonds is 25. The first-order chi connectivity index (χ1) is 28.9. The number of hydrogen-bond donors (Lipinski definition) is 3. The molecule has 0 aromatic heterocycles. The van der Waals surface area contributed by atoms with Gasteiger partial charge in [-0.2, -0.15) is 0 Å². The second-order valence-corrected chi connectivity index (χ2v) is 16.8. The van der Waals surface area contributed by atoms with E-state index in [1.54, 1.807) is 19.3 Å². The average Bonchev–Trinajstić information content (AvgIpc) is 3.71. The summed E-state index contributed by atoms with van der Waals surface area (Å²) >= 11 is 0. The van der Waals surface area contributed by atoms with Crippen molar-refractivity contribution in [1.82, 2.24) is 4.90 Å². The molecular weight excluding hydrogens is 749 g/mol. The van der Waals surface area contributed by atoms with Crippen molar-refractivity contribution >= 4 is 11.6 Å². The first kappa shape index (κ1) is 44.5. The number of amides is 1. The van der Waals surface area contributed by atoms with Crippen LogP contribution < -0.4 is 14.2 Å². The Kier molecular flexibility index (Phi) is 16.6. The number of carbonyl (C=O) groups excluding carboxylic acids is 1. The van der Waals surface area contributed by atoms with Gasteiger partial charge in [-0.1, -0.05) is 94.5 Å². The van der Waals surface area contributed by atoms with E-state index in [1.165, 1.54) is 38.5 Å². The van der Waals surface area contributed by atoms with Gasteiger partial charge in [0.2, 0.25) is 18.5 Å². The SMILES string of the molecule is C=CCO[C@@]12Oc3ccc(O)cc3[C@H]3[C@H](CCCCO)[C@@H](CCCCO)C=C(C(=NOC)C[C@@H]1N(Cc1ccc4c(c1)OCO4)C(=O)CCCCCCCCCCC)[C@H]32. The summed E-state index contributed by atoms with van der Waals surface area (Å²) in [7, 11) is 1.55. The van der Waals surface area contributed by atoms with Gasteiger partial charge in [0, 0.05) is 44.1 Å². The predicted octanol–water partition coefficient (Wildman–Crippen LogP) is 9.33. The highest BCUT2D eigenvalue weighted by Gasteiger charge is 2.65. The van der Waals surface area contributed by atoms with Gasteiger partial charge in [-0.3, -0.25) is 4.79 Å². The Morgan fingerprint density at radius 1 is 0.915 bits per heavy atom. The normalized spacial score (nSPS) is 24.5. The molecule has 4 aliphatic rings. The van der Waals surface area contributed by atoms with Gasteiger partial charge in [0.1, 0.15) is 24.7 Å². The molecule has 1 fully saturated rings. The van der Waals surface area contributed by atoms with Crippen LogP contribution in [-0.2, 0) is 20.9 Å². The number of ether oxygens (including phenoxy) is 4. The summed E-state index contributed by atoms with van der Waals surface area (Å²) in [4.78, 5) is 22.5. The maximum Gasteiger partial charge on any atom is 0.239 e. The van der Waals surface area contributed by atoms with E-state index in [2.05, 4.69) is 19.6 Å². The number of unbranched alkanes of at least 4 members (excludes halogenated alkanes) is 10. The quantitative estimate of drug-likeness (QED) is 0.0508. The van der Waals surface area contributed by atoms with Crippen LogP contribution in [-0.4, -0.2) is 77.4 Å². The lowest BCUT2D eigenvalue weighted by atomic mass is 9.55. The van der Waals surface area contributed by atoms with Gasteiger partial charge in [-0.05, 0) is 85.4 Å². The van der Waals surface area contributed by atoms with E-state index in [1.807, 2.05) is 35.2 Å². The minimum atomic E-state index is -1.36. The Balaban J connectivity index is 1.44. The number of aliphatic hydroxyl groups excluding tert-OH is 2. The van der Waals surface area contributed by atoms with Crippen molar-refractivity contribution in [2.75, 3.05) is 33.7 Å². The maximum atomic E-state index is 15.0. The Morgan fingerprint density at radius 3 is 2.36 bits per heavy atom. The van der Waals surface area contributed by atoms with Gasteiger partial charge in [0.25, 0.3) is 0 Å². The van der Waals surface area contributed by atoms with Crippen LogP contribution in [0.4, 0.5) is 0 Å². The minimum Gasteiger partial charge on any atom is -0.508 e. The largest absolute Gasteiger partial charge is 0.508 e. The predicted molar refractivity (Wildman–Crippen MR) is 229 cm³/mol. The highest BCUT2D eigenvalue weighted by Crippen LogP contribution is 2.62. The summed E-state index contributed by atoms with van der Waals surface area (Å²) in [6.07, 6.45) is 19.8. The first-order valence-corrected chi connectivity index (χ1v) is 22.4.